The Morgan fingerprint density at radius 1 is 1.20 bits per heavy atom. The predicted molar refractivity (Wildman–Crippen MR) is 79.0 cm³/mol. The molecule has 8 heteroatoms. The van der Waals surface area contributed by atoms with Gasteiger partial charge in [-0.25, -0.2) is 4.79 Å². The number of rotatable bonds is 2. The number of carbonyl (C=O) groups is 1. The summed E-state index contributed by atoms with van der Waals surface area (Å²) in [6, 6.07) is 8.82. The average Bonchev–Trinajstić information content (AvgIpc) is 2.73. The Kier molecular flexibility index (Phi) is 12.0. The quantitative estimate of drug-likeness (QED) is 0.435. The number of aliphatic hydroxyl groups is 1. The van der Waals surface area contributed by atoms with E-state index in [-0.39, 0.29) is 98.1 Å². The van der Waals surface area contributed by atoms with E-state index in [1.165, 1.54) is 0 Å². The number of hydrogen-bond acceptors (Lipinski definition) is 5. The smallest absolute Gasteiger partial charge is 0.335 e. The second-order valence-electron chi connectivity index (χ2n) is 6.45. The third-order valence-corrected chi connectivity index (χ3v) is 4.00. The summed E-state index contributed by atoms with van der Waals surface area (Å²) in [5, 5.41) is 10.1. The molecule has 0 aromatic heterocycles. The fourth-order valence-corrected chi connectivity index (χ4v) is 3.16. The maximum atomic E-state index is 12.2. The van der Waals surface area contributed by atoms with Crippen LogP contribution in [-0.2, 0) is 112 Å². The summed E-state index contributed by atoms with van der Waals surface area (Å²) in [5.74, 6) is -1.07. The molecule has 1 aliphatic heterocycles. The van der Waals surface area contributed by atoms with Gasteiger partial charge in [-0.2, -0.15) is 0 Å². The fourth-order valence-electron chi connectivity index (χ4n) is 3.16. The zero-order valence-electron chi connectivity index (χ0n) is 14.6. The van der Waals surface area contributed by atoms with Gasteiger partial charge < -0.3 is 19.3 Å². The largest absolute Gasteiger partial charge is 0.492 e. The van der Waals surface area contributed by atoms with Crippen molar-refractivity contribution in [3.05, 3.63) is 42.3 Å². The molecule has 5 nitrogen and oxygen atoms in total. The number of hydrogen-bond donors (Lipinski definition) is 1. The monoisotopic (exact) mass is 572 g/mol. The molecular weight excluding hydrogens is 551 g/mol. The van der Waals surface area contributed by atoms with Gasteiger partial charge in [0.05, 0.1) is 17.8 Å². The first kappa shape index (κ1) is 26.9. The van der Waals surface area contributed by atoms with Gasteiger partial charge in [0.2, 0.25) is 0 Å². The molecule has 1 saturated carbocycles. The topological polar surface area (TPSA) is 65.0 Å². The molecule has 3 radical (unpaired) electrons. The van der Waals surface area contributed by atoms with Crippen LogP contribution in [0.2, 0.25) is 0 Å². The Morgan fingerprint density at radius 2 is 1.84 bits per heavy atom. The van der Waals surface area contributed by atoms with E-state index < -0.39 is 29.6 Å². The van der Waals surface area contributed by atoms with Gasteiger partial charge >= 0.3 is 5.97 Å². The maximum absolute atomic E-state index is 12.2. The molecule has 0 unspecified atom stereocenters. The summed E-state index contributed by atoms with van der Waals surface area (Å²) in [4.78, 5) is 12.2. The van der Waals surface area contributed by atoms with Crippen LogP contribution in [0.4, 0.5) is 0 Å². The van der Waals surface area contributed by atoms with Crippen LogP contribution < -0.4 is 0 Å². The standard InChI is InChI=1S/C17H21O5.3Y/c1-16(2)20-11-17(22-16)9-13(18)8-14(10-17)21-15(19)12-6-4-3-5-7-12;;;/h3-8,13-14,18H,9-11H2,1-2H3;;;/q-1;;;/t13-,14-,17-;;;/m0.../s1. The van der Waals surface area contributed by atoms with E-state index in [1.54, 1.807) is 30.7 Å². The van der Waals surface area contributed by atoms with Crippen molar-refractivity contribution in [1.82, 2.24) is 0 Å². The van der Waals surface area contributed by atoms with Crippen LogP contribution in [0, 0.1) is 6.42 Å². The number of aliphatic hydroxyl groups excluding tert-OH is 1. The average molecular weight is 572 g/mol. The number of ether oxygens (including phenoxy) is 3. The molecule has 0 amide bonds. The normalized spacial score (nSPS) is 29.7. The zero-order valence-corrected chi connectivity index (χ0v) is 23.1. The summed E-state index contributed by atoms with van der Waals surface area (Å²) < 4.78 is 17.1. The first-order valence-corrected chi connectivity index (χ1v) is 7.51. The van der Waals surface area contributed by atoms with Gasteiger partial charge in [0.25, 0.3) is 0 Å². The SMILES string of the molecule is CC1(C)OC[C@@]2(C[C@@H](O)[CH-][C@H](OC(=O)c3ccccc3)C2)O1.[Y].[Y].[Y]. The second-order valence-corrected chi connectivity index (χ2v) is 6.45. The van der Waals surface area contributed by atoms with Crippen molar-refractivity contribution < 1.29 is 122 Å². The first-order chi connectivity index (χ1) is 10.4. The Balaban J connectivity index is 0.00000192. The number of esters is 1. The Morgan fingerprint density at radius 3 is 2.40 bits per heavy atom. The molecule has 1 spiro atoms. The van der Waals surface area contributed by atoms with Crippen LogP contribution in [-0.4, -0.2) is 41.3 Å². The minimum atomic E-state index is -0.681. The Bertz CT molecular complexity index is 554. The fraction of sp³-hybridized carbons (Fsp3) is 0.529. The predicted octanol–water partition coefficient (Wildman–Crippen LogP) is 2.09. The van der Waals surface area contributed by atoms with Crippen molar-refractivity contribution in [1.29, 1.82) is 0 Å². The van der Waals surface area contributed by atoms with E-state index in [1.807, 2.05) is 19.9 Å². The van der Waals surface area contributed by atoms with Crippen molar-refractivity contribution in [2.24, 2.45) is 0 Å². The van der Waals surface area contributed by atoms with Gasteiger partial charge in [0.1, 0.15) is 0 Å². The van der Waals surface area contributed by atoms with Gasteiger partial charge in [-0.1, -0.05) is 24.3 Å². The molecule has 1 heterocycles. The van der Waals surface area contributed by atoms with Crippen LogP contribution >= 0.6 is 0 Å². The van der Waals surface area contributed by atoms with Gasteiger partial charge in [0, 0.05) is 98.1 Å². The summed E-state index contributed by atoms with van der Waals surface area (Å²) in [6.07, 6.45) is 1.43. The van der Waals surface area contributed by atoms with Crippen molar-refractivity contribution in [2.45, 2.75) is 50.3 Å². The van der Waals surface area contributed by atoms with Crippen molar-refractivity contribution in [2.75, 3.05) is 6.61 Å². The van der Waals surface area contributed by atoms with E-state index >= 15 is 0 Å². The van der Waals surface area contributed by atoms with Crippen LogP contribution in [0.1, 0.15) is 37.0 Å². The van der Waals surface area contributed by atoms with E-state index in [4.69, 9.17) is 14.2 Å². The van der Waals surface area contributed by atoms with Crippen molar-refractivity contribution >= 4 is 5.97 Å². The van der Waals surface area contributed by atoms with Crippen LogP contribution in [0.3, 0.4) is 0 Å². The molecule has 1 aliphatic carbocycles. The maximum Gasteiger partial charge on any atom is 0.335 e. The summed E-state index contributed by atoms with van der Waals surface area (Å²) >= 11 is 0. The van der Waals surface area contributed by atoms with Crippen molar-refractivity contribution in [3.63, 3.8) is 0 Å². The van der Waals surface area contributed by atoms with Gasteiger partial charge in [-0.3, -0.25) is 6.42 Å². The van der Waals surface area contributed by atoms with Crippen LogP contribution in [0.25, 0.3) is 0 Å². The molecule has 1 saturated heterocycles. The molecule has 3 atom stereocenters. The Hall–Kier alpha value is 1.88. The van der Waals surface area contributed by atoms with E-state index in [2.05, 4.69) is 0 Å². The summed E-state index contributed by atoms with van der Waals surface area (Å²) in [7, 11) is 0. The van der Waals surface area contributed by atoms with E-state index in [0.717, 1.165) is 0 Å². The van der Waals surface area contributed by atoms with Crippen molar-refractivity contribution in [3.8, 4) is 0 Å². The zero-order chi connectivity index (χ0) is 15.8. The summed E-state index contributed by atoms with van der Waals surface area (Å²) in [5.41, 5.74) is -0.104. The molecule has 0 bridgehead atoms. The van der Waals surface area contributed by atoms with Gasteiger partial charge in [-0.15, -0.1) is 0 Å². The Labute approximate surface area is 224 Å². The minimum Gasteiger partial charge on any atom is -0.492 e. The molecular formula is C17H21O5Y3-. The second kappa shape index (κ2) is 11.2. The molecule has 2 aliphatic rings. The summed E-state index contributed by atoms with van der Waals surface area (Å²) in [6.45, 7) is 4.08. The van der Waals surface area contributed by atoms with Crippen LogP contribution in [0.15, 0.2) is 30.3 Å². The van der Waals surface area contributed by atoms with Gasteiger partial charge in [-0.05, 0) is 44.9 Å². The molecule has 129 valence electrons. The molecule has 1 N–H and O–H groups in total. The first-order valence-electron chi connectivity index (χ1n) is 7.51. The molecule has 2 fully saturated rings. The number of carbonyl (C=O) groups excluding carboxylic acids is 1. The number of benzene rings is 1. The minimum absolute atomic E-state index is 0. The van der Waals surface area contributed by atoms with Gasteiger partial charge in [0.15, 0.2) is 5.79 Å². The van der Waals surface area contributed by atoms with E-state index in [0.29, 0.717) is 25.0 Å². The molecule has 1 aromatic carbocycles. The van der Waals surface area contributed by atoms with Crippen LogP contribution in [0.5, 0.6) is 0 Å². The van der Waals surface area contributed by atoms with E-state index in [9.17, 15) is 9.90 Å². The molecule has 3 rings (SSSR count). The third kappa shape index (κ3) is 7.33. The molecule has 25 heavy (non-hydrogen) atoms. The third-order valence-electron chi connectivity index (χ3n) is 4.00. The molecule has 1 aromatic rings.